The van der Waals surface area contributed by atoms with Gasteiger partial charge in [0, 0.05) is 10.6 Å². The third-order valence-corrected chi connectivity index (χ3v) is 2.11. The molecule has 0 aliphatic heterocycles. The number of aliphatic hydroxyl groups excluding tert-OH is 1. The number of benzene rings is 1. The van der Waals surface area contributed by atoms with Gasteiger partial charge in [-0.3, -0.25) is 4.79 Å². The van der Waals surface area contributed by atoms with Crippen LogP contribution in [0.25, 0.3) is 0 Å². The molecule has 0 radical (unpaired) electrons. The Kier molecular flexibility index (Phi) is 4.28. The highest BCUT2D eigenvalue weighted by atomic mass is 35.5. The van der Waals surface area contributed by atoms with Crippen LogP contribution in [0.4, 0.5) is 0 Å². The Morgan fingerprint density at radius 1 is 1.44 bits per heavy atom. The van der Waals surface area contributed by atoms with Gasteiger partial charge in [-0.1, -0.05) is 17.7 Å². The molecule has 16 heavy (non-hydrogen) atoms. The number of carbonyl (C=O) groups excluding carboxylic acids is 1. The van der Waals surface area contributed by atoms with E-state index in [1.54, 1.807) is 12.1 Å². The van der Waals surface area contributed by atoms with Gasteiger partial charge in [-0.25, -0.2) is 4.79 Å². The molecule has 0 saturated carbocycles. The van der Waals surface area contributed by atoms with E-state index in [1.165, 1.54) is 12.1 Å². The molecule has 1 atom stereocenters. The molecule has 3 N–H and O–H groups in total. The zero-order valence-electron chi connectivity index (χ0n) is 8.18. The van der Waals surface area contributed by atoms with E-state index in [4.69, 9.17) is 21.8 Å². The molecule has 0 unspecified atom stereocenters. The van der Waals surface area contributed by atoms with Crippen LogP contribution in [0.1, 0.15) is 10.4 Å². The van der Waals surface area contributed by atoms with Crippen LogP contribution >= 0.6 is 11.6 Å². The monoisotopic (exact) mass is 243 g/mol. The average Bonchev–Trinajstić information content (AvgIpc) is 2.25. The molecule has 1 aromatic rings. The third kappa shape index (κ3) is 3.22. The molecular formula is C10H10ClNO4. The molecule has 1 aromatic carbocycles. The van der Waals surface area contributed by atoms with Gasteiger partial charge < -0.3 is 15.5 Å². The molecule has 0 aliphatic rings. The number of aliphatic carboxylic acids is 1. The second kappa shape index (κ2) is 5.48. The Bertz CT molecular complexity index is 408. The lowest BCUT2D eigenvalue weighted by atomic mass is 10.2. The van der Waals surface area contributed by atoms with E-state index >= 15 is 0 Å². The summed E-state index contributed by atoms with van der Waals surface area (Å²) in [5.41, 5.74) is 0.243. The van der Waals surface area contributed by atoms with Crippen molar-refractivity contribution in [2.45, 2.75) is 6.04 Å². The van der Waals surface area contributed by atoms with Crippen molar-refractivity contribution in [2.24, 2.45) is 0 Å². The first kappa shape index (κ1) is 12.5. The van der Waals surface area contributed by atoms with Crippen molar-refractivity contribution in [3.05, 3.63) is 34.9 Å². The zero-order valence-corrected chi connectivity index (χ0v) is 8.94. The zero-order chi connectivity index (χ0) is 12.1. The average molecular weight is 244 g/mol. The second-order valence-corrected chi connectivity index (χ2v) is 3.49. The first-order valence-corrected chi connectivity index (χ1v) is 4.82. The van der Waals surface area contributed by atoms with Crippen molar-refractivity contribution in [3.8, 4) is 0 Å². The van der Waals surface area contributed by atoms with Gasteiger partial charge in [0.1, 0.15) is 0 Å². The van der Waals surface area contributed by atoms with Gasteiger partial charge >= 0.3 is 5.97 Å². The smallest absolute Gasteiger partial charge is 0.328 e. The van der Waals surface area contributed by atoms with Crippen LogP contribution in [0.3, 0.4) is 0 Å². The number of amides is 1. The molecule has 0 fully saturated rings. The summed E-state index contributed by atoms with van der Waals surface area (Å²) >= 11 is 5.68. The number of carboxylic acids is 1. The number of carbonyl (C=O) groups is 2. The van der Waals surface area contributed by atoms with E-state index in [0.717, 1.165) is 0 Å². The molecule has 0 bridgehead atoms. The molecule has 0 saturated heterocycles. The Hall–Kier alpha value is -1.59. The summed E-state index contributed by atoms with van der Waals surface area (Å²) in [5, 5.41) is 19.9. The first-order chi connectivity index (χ1) is 7.54. The maximum absolute atomic E-state index is 11.5. The predicted octanol–water partition coefficient (Wildman–Crippen LogP) is 0.515. The van der Waals surface area contributed by atoms with Gasteiger partial charge in [0.2, 0.25) is 0 Å². The van der Waals surface area contributed by atoms with Crippen LogP contribution in [0, 0.1) is 0 Å². The lowest BCUT2D eigenvalue weighted by molar-refractivity contribution is -0.140. The fraction of sp³-hybridized carbons (Fsp3) is 0.200. The first-order valence-electron chi connectivity index (χ1n) is 4.44. The molecule has 0 aromatic heterocycles. The number of carboxylic acid groups (broad SMARTS) is 1. The third-order valence-electron chi connectivity index (χ3n) is 1.87. The summed E-state index contributed by atoms with van der Waals surface area (Å²) in [4.78, 5) is 22.1. The molecule has 86 valence electrons. The van der Waals surface area contributed by atoms with Gasteiger partial charge in [0.15, 0.2) is 6.04 Å². The Balaban J connectivity index is 2.75. The van der Waals surface area contributed by atoms with Crippen molar-refractivity contribution >= 4 is 23.5 Å². The fourth-order valence-corrected chi connectivity index (χ4v) is 1.25. The largest absolute Gasteiger partial charge is 0.480 e. The Labute approximate surface area is 96.7 Å². The number of aliphatic hydroxyl groups is 1. The quantitative estimate of drug-likeness (QED) is 0.719. The summed E-state index contributed by atoms with van der Waals surface area (Å²) in [6.07, 6.45) is 0. The van der Waals surface area contributed by atoms with Crippen molar-refractivity contribution in [2.75, 3.05) is 6.61 Å². The van der Waals surface area contributed by atoms with Crippen LogP contribution in [-0.4, -0.2) is 34.7 Å². The number of rotatable bonds is 4. The minimum Gasteiger partial charge on any atom is -0.480 e. The van der Waals surface area contributed by atoms with Crippen LogP contribution in [0.5, 0.6) is 0 Å². The van der Waals surface area contributed by atoms with E-state index in [0.29, 0.717) is 5.02 Å². The minimum absolute atomic E-state index is 0.243. The van der Waals surface area contributed by atoms with Crippen LogP contribution in [0.15, 0.2) is 24.3 Å². The van der Waals surface area contributed by atoms with Crippen molar-refractivity contribution in [3.63, 3.8) is 0 Å². The van der Waals surface area contributed by atoms with Crippen molar-refractivity contribution < 1.29 is 19.8 Å². The van der Waals surface area contributed by atoms with E-state index in [2.05, 4.69) is 5.32 Å². The number of nitrogens with one attached hydrogen (secondary N) is 1. The molecule has 1 amide bonds. The molecular weight excluding hydrogens is 234 g/mol. The van der Waals surface area contributed by atoms with Crippen molar-refractivity contribution in [1.29, 1.82) is 0 Å². The Morgan fingerprint density at radius 2 is 2.12 bits per heavy atom. The maximum atomic E-state index is 11.5. The second-order valence-electron chi connectivity index (χ2n) is 3.06. The van der Waals surface area contributed by atoms with Gasteiger partial charge in [0.05, 0.1) is 6.61 Å². The van der Waals surface area contributed by atoms with Crippen LogP contribution < -0.4 is 5.32 Å². The van der Waals surface area contributed by atoms with Crippen molar-refractivity contribution in [1.82, 2.24) is 5.32 Å². The van der Waals surface area contributed by atoms with Gasteiger partial charge in [0.25, 0.3) is 5.91 Å². The normalized spacial score (nSPS) is 11.9. The number of hydrogen-bond acceptors (Lipinski definition) is 3. The van der Waals surface area contributed by atoms with E-state index in [9.17, 15) is 9.59 Å². The number of halogens is 1. The predicted molar refractivity (Wildman–Crippen MR) is 57.4 cm³/mol. The molecule has 6 heteroatoms. The molecule has 0 spiro atoms. The highest BCUT2D eigenvalue weighted by Gasteiger charge is 2.19. The lowest BCUT2D eigenvalue weighted by Crippen LogP contribution is -2.43. The minimum atomic E-state index is -1.31. The summed E-state index contributed by atoms with van der Waals surface area (Å²) in [5.74, 6) is -1.89. The highest BCUT2D eigenvalue weighted by molar-refractivity contribution is 6.30. The van der Waals surface area contributed by atoms with Gasteiger partial charge in [-0.15, -0.1) is 0 Å². The summed E-state index contributed by atoms with van der Waals surface area (Å²) in [7, 11) is 0. The van der Waals surface area contributed by atoms with Gasteiger partial charge in [-0.2, -0.15) is 0 Å². The lowest BCUT2D eigenvalue weighted by Gasteiger charge is -2.11. The molecule has 5 nitrogen and oxygen atoms in total. The van der Waals surface area contributed by atoms with E-state index < -0.39 is 24.5 Å². The highest BCUT2D eigenvalue weighted by Crippen LogP contribution is 2.10. The molecule has 0 heterocycles. The molecule has 1 rings (SSSR count). The fourth-order valence-electron chi connectivity index (χ4n) is 1.06. The molecule has 0 aliphatic carbocycles. The SMILES string of the molecule is O=C(N[C@H](CO)C(=O)O)c1cccc(Cl)c1. The van der Waals surface area contributed by atoms with Gasteiger partial charge in [-0.05, 0) is 18.2 Å². The summed E-state index contributed by atoms with van der Waals surface area (Å²) in [6, 6.07) is 4.77. The Morgan fingerprint density at radius 3 is 2.62 bits per heavy atom. The van der Waals surface area contributed by atoms with Crippen LogP contribution in [0.2, 0.25) is 5.02 Å². The number of hydrogen-bond donors (Lipinski definition) is 3. The van der Waals surface area contributed by atoms with Crippen LogP contribution in [-0.2, 0) is 4.79 Å². The summed E-state index contributed by atoms with van der Waals surface area (Å²) in [6.45, 7) is -0.665. The van der Waals surface area contributed by atoms with E-state index in [1.807, 2.05) is 0 Å². The summed E-state index contributed by atoms with van der Waals surface area (Å²) < 4.78 is 0. The topological polar surface area (TPSA) is 86.6 Å². The van der Waals surface area contributed by atoms with E-state index in [-0.39, 0.29) is 5.56 Å². The standard InChI is InChI=1S/C10H10ClNO4/c11-7-3-1-2-6(4-7)9(14)12-8(5-13)10(15)16/h1-4,8,13H,5H2,(H,12,14)(H,15,16)/t8-/m1/s1. The maximum Gasteiger partial charge on any atom is 0.328 e.